The van der Waals surface area contributed by atoms with Gasteiger partial charge in [0.05, 0.1) is 13.2 Å². The maximum Gasteiger partial charge on any atom is 0.368 e. The average Bonchev–Trinajstić information content (AvgIpc) is 2.42. The van der Waals surface area contributed by atoms with Gasteiger partial charge in [-0.25, -0.2) is 0 Å². The molecule has 1 unspecified atom stereocenters. The molecule has 5 heteroatoms. The molecule has 21 heavy (non-hydrogen) atoms. The van der Waals surface area contributed by atoms with E-state index < -0.39 is 8.56 Å². The Hall–Kier alpha value is 0.0569. The normalized spacial score (nSPS) is 20.9. The first-order valence-electron chi connectivity index (χ1n) is 8.51. The summed E-state index contributed by atoms with van der Waals surface area (Å²) < 4.78 is 24.6. The summed E-state index contributed by atoms with van der Waals surface area (Å²) in [7, 11) is -2.49. The first-order valence-corrected chi connectivity index (χ1v) is 10.8. The number of hydrogen-bond donors (Lipinski definition) is 0. The van der Waals surface area contributed by atoms with Crippen LogP contribution < -0.4 is 0 Å². The van der Waals surface area contributed by atoms with Gasteiger partial charge in [0, 0.05) is 25.2 Å². The fourth-order valence-electron chi connectivity index (χ4n) is 3.74. The molecule has 4 nitrogen and oxygen atoms in total. The van der Waals surface area contributed by atoms with Crippen molar-refractivity contribution in [2.75, 3.05) is 33.0 Å². The molecule has 0 radical (unpaired) electrons. The van der Waals surface area contributed by atoms with E-state index in [0.717, 1.165) is 39.1 Å². The molecule has 1 fully saturated rings. The van der Waals surface area contributed by atoms with Gasteiger partial charge >= 0.3 is 8.56 Å². The van der Waals surface area contributed by atoms with Gasteiger partial charge in [0.15, 0.2) is 0 Å². The Balaban J connectivity index is 3.25. The van der Waals surface area contributed by atoms with Crippen LogP contribution in [0, 0.1) is 5.41 Å². The Morgan fingerprint density at radius 1 is 1.05 bits per heavy atom. The predicted octanol–water partition coefficient (Wildman–Crippen LogP) is 3.67. The molecule has 0 saturated carbocycles. The van der Waals surface area contributed by atoms with Crippen molar-refractivity contribution in [1.82, 2.24) is 0 Å². The Kier molecular flexibility index (Phi) is 7.33. The second-order valence-electron chi connectivity index (χ2n) is 5.97. The van der Waals surface area contributed by atoms with Gasteiger partial charge in [0.25, 0.3) is 0 Å². The third-order valence-electron chi connectivity index (χ3n) is 4.91. The average molecular weight is 319 g/mol. The van der Waals surface area contributed by atoms with Gasteiger partial charge in [-0.05, 0) is 39.7 Å². The highest BCUT2D eigenvalue weighted by molar-refractivity contribution is 6.69. The lowest BCUT2D eigenvalue weighted by atomic mass is 9.75. The lowest BCUT2D eigenvalue weighted by Gasteiger charge is -2.59. The first kappa shape index (κ1) is 19.1. The van der Waals surface area contributed by atoms with Crippen molar-refractivity contribution in [3.63, 3.8) is 0 Å². The minimum atomic E-state index is -2.49. The maximum absolute atomic E-state index is 6.53. The van der Waals surface area contributed by atoms with Crippen LogP contribution in [0.5, 0.6) is 0 Å². The number of hydrogen-bond acceptors (Lipinski definition) is 4. The van der Waals surface area contributed by atoms with Crippen LogP contribution in [0.15, 0.2) is 0 Å². The molecule has 0 aromatic rings. The van der Waals surface area contributed by atoms with E-state index in [9.17, 15) is 0 Å². The largest absolute Gasteiger partial charge is 0.393 e. The van der Waals surface area contributed by atoms with Crippen molar-refractivity contribution in [2.24, 2.45) is 5.41 Å². The quantitative estimate of drug-likeness (QED) is 0.545. The number of rotatable bonds is 11. The Labute approximate surface area is 131 Å². The van der Waals surface area contributed by atoms with E-state index in [0.29, 0.717) is 13.2 Å². The van der Waals surface area contributed by atoms with Gasteiger partial charge in [-0.15, -0.1) is 0 Å². The highest BCUT2D eigenvalue weighted by atomic mass is 28.4. The lowest BCUT2D eigenvalue weighted by molar-refractivity contribution is -0.225. The molecule has 126 valence electrons. The molecule has 1 heterocycles. The lowest BCUT2D eigenvalue weighted by Crippen LogP contribution is -2.74. The molecule has 0 spiro atoms. The zero-order valence-electron chi connectivity index (χ0n) is 14.8. The molecular formula is C16H34O4Si. The zero-order chi connectivity index (χ0) is 16.0. The minimum absolute atomic E-state index is 0.0300. The van der Waals surface area contributed by atoms with E-state index in [1.54, 1.807) is 0 Å². The molecule has 1 saturated heterocycles. The summed E-state index contributed by atoms with van der Waals surface area (Å²) in [5, 5.41) is -0.338. The van der Waals surface area contributed by atoms with Crippen LogP contribution in [0.3, 0.4) is 0 Å². The molecule has 1 aliphatic heterocycles. The summed E-state index contributed by atoms with van der Waals surface area (Å²) in [6.07, 6.45) is 2.95. The topological polar surface area (TPSA) is 36.9 Å². The van der Waals surface area contributed by atoms with Crippen LogP contribution in [0.1, 0.15) is 53.9 Å². The molecule has 0 amide bonds. The molecule has 1 aliphatic rings. The standard InChI is InChI=1S/C16H34O4Si/c1-7-12-18-16(9-3,15(8-2)13-17-14-15)21(6,19-10-4)20-11-5/h7-14H2,1-6H3. The van der Waals surface area contributed by atoms with E-state index >= 15 is 0 Å². The van der Waals surface area contributed by atoms with Crippen LogP contribution in [0.2, 0.25) is 6.55 Å². The van der Waals surface area contributed by atoms with Crippen molar-refractivity contribution in [3.8, 4) is 0 Å². The van der Waals surface area contributed by atoms with Gasteiger partial charge in [0.2, 0.25) is 0 Å². The molecule has 0 bridgehead atoms. The molecule has 0 aromatic heterocycles. The van der Waals surface area contributed by atoms with Crippen LogP contribution in [-0.2, 0) is 18.3 Å². The molecule has 0 aliphatic carbocycles. The third kappa shape index (κ3) is 3.22. The number of ether oxygens (including phenoxy) is 2. The third-order valence-corrected chi connectivity index (χ3v) is 9.09. The SMILES string of the molecule is CCCOC(CC)(C1(CC)COC1)[Si](C)(OCC)OCC. The Morgan fingerprint density at radius 2 is 1.62 bits per heavy atom. The summed E-state index contributed by atoms with van der Waals surface area (Å²) in [5.41, 5.74) is 0.0300. The molecule has 1 rings (SSSR count). The second-order valence-corrected chi connectivity index (χ2v) is 9.24. The summed E-state index contributed by atoms with van der Waals surface area (Å²) in [6.45, 7) is 16.4. The monoisotopic (exact) mass is 318 g/mol. The van der Waals surface area contributed by atoms with Gasteiger partial charge in [-0.3, -0.25) is 0 Å². The maximum atomic E-state index is 6.53. The Morgan fingerprint density at radius 3 is 1.90 bits per heavy atom. The van der Waals surface area contributed by atoms with E-state index in [2.05, 4.69) is 27.3 Å². The van der Waals surface area contributed by atoms with Crippen LogP contribution in [-0.4, -0.2) is 46.8 Å². The smallest absolute Gasteiger partial charge is 0.368 e. The first-order chi connectivity index (χ1) is 10.0. The van der Waals surface area contributed by atoms with Crippen molar-refractivity contribution in [1.29, 1.82) is 0 Å². The van der Waals surface area contributed by atoms with Gasteiger partial charge in [-0.1, -0.05) is 20.8 Å². The molecular weight excluding hydrogens is 284 g/mol. The van der Waals surface area contributed by atoms with Crippen LogP contribution >= 0.6 is 0 Å². The summed E-state index contributed by atoms with van der Waals surface area (Å²) in [4.78, 5) is 0. The highest BCUT2D eigenvalue weighted by Crippen LogP contribution is 2.51. The molecule has 1 atom stereocenters. The van der Waals surface area contributed by atoms with E-state index in [-0.39, 0.29) is 10.6 Å². The fraction of sp³-hybridized carbons (Fsp3) is 1.00. The van der Waals surface area contributed by atoms with E-state index in [1.807, 2.05) is 13.8 Å². The van der Waals surface area contributed by atoms with Crippen LogP contribution in [0.4, 0.5) is 0 Å². The highest BCUT2D eigenvalue weighted by Gasteiger charge is 2.67. The molecule has 0 N–H and O–H groups in total. The van der Waals surface area contributed by atoms with E-state index in [4.69, 9.17) is 18.3 Å². The summed E-state index contributed by atoms with van der Waals surface area (Å²) in [5.74, 6) is 0. The zero-order valence-corrected chi connectivity index (χ0v) is 15.8. The van der Waals surface area contributed by atoms with E-state index in [1.165, 1.54) is 0 Å². The van der Waals surface area contributed by atoms with Gasteiger partial charge in [-0.2, -0.15) is 0 Å². The van der Waals surface area contributed by atoms with Gasteiger partial charge in [0.1, 0.15) is 5.22 Å². The van der Waals surface area contributed by atoms with Crippen molar-refractivity contribution in [2.45, 2.75) is 65.7 Å². The Bertz CT molecular complexity index is 295. The van der Waals surface area contributed by atoms with Gasteiger partial charge < -0.3 is 18.3 Å². The van der Waals surface area contributed by atoms with Crippen molar-refractivity contribution < 1.29 is 18.3 Å². The minimum Gasteiger partial charge on any atom is -0.393 e. The second kappa shape index (κ2) is 8.06. The predicted molar refractivity (Wildman–Crippen MR) is 87.7 cm³/mol. The van der Waals surface area contributed by atoms with Crippen molar-refractivity contribution in [3.05, 3.63) is 0 Å². The summed E-state index contributed by atoms with van der Waals surface area (Å²) in [6, 6.07) is 0. The van der Waals surface area contributed by atoms with Crippen molar-refractivity contribution >= 4 is 8.56 Å². The fourth-order valence-corrected chi connectivity index (χ4v) is 7.68. The van der Waals surface area contributed by atoms with Crippen LogP contribution in [0.25, 0.3) is 0 Å². The molecule has 0 aromatic carbocycles. The summed E-state index contributed by atoms with van der Waals surface area (Å²) >= 11 is 0.